The zero-order valence-corrected chi connectivity index (χ0v) is 11.8. The van der Waals surface area contributed by atoms with E-state index in [4.69, 9.17) is 10.5 Å². The minimum atomic E-state index is -0.0234. The molecule has 1 fully saturated rings. The Hall–Kier alpha value is -1.56. The molecule has 0 aliphatic carbocycles. The molecule has 106 valence electrons. The van der Waals surface area contributed by atoms with Gasteiger partial charge in [-0.25, -0.2) is 0 Å². The van der Waals surface area contributed by atoms with Gasteiger partial charge in [-0.1, -0.05) is 0 Å². The van der Waals surface area contributed by atoms with Crippen molar-refractivity contribution in [2.75, 3.05) is 12.3 Å². The Kier molecular flexibility index (Phi) is 4.09. The number of hydrogen-bond acceptors (Lipinski definition) is 4. The maximum Gasteiger partial charge on any atom is 0.241 e. The van der Waals surface area contributed by atoms with Gasteiger partial charge in [-0.15, -0.1) is 0 Å². The highest BCUT2D eigenvalue weighted by Gasteiger charge is 2.21. The average molecular weight is 266 g/mol. The van der Waals surface area contributed by atoms with Crippen molar-refractivity contribution >= 4 is 11.6 Å². The molecule has 19 heavy (non-hydrogen) atoms. The molecule has 3 N–H and O–H groups in total. The summed E-state index contributed by atoms with van der Waals surface area (Å²) in [6.07, 6.45) is 1.95. The summed E-state index contributed by atoms with van der Waals surface area (Å²) in [5, 5.41) is 7.30. The molecule has 2 atom stereocenters. The number of nitrogens with one attached hydrogen (secondary N) is 1. The van der Waals surface area contributed by atoms with E-state index in [1.807, 2.05) is 20.8 Å². The van der Waals surface area contributed by atoms with E-state index in [1.165, 1.54) is 0 Å². The minimum Gasteiger partial charge on any atom is -0.396 e. The van der Waals surface area contributed by atoms with Crippen molar-refractivity contribution in [1.29, 1.82) is 0 Å². The quantitative estimate of drug-likeness (QED) is 0.846. The minimum absolute atomic E-state index is 0.0234. The molecule has 0 aromatic carbocycles. The van der Waals surface area contributed by atoms with Gasteiger partial charge in [-0.2, -0.15) is 5.10 Å². The van der Waals surface area contributed by atoms with Crippen molar-refractivity contribution in [3.05, 3.63) is 11.4 Å². The second kappa shape index (κ2) is 5.61. The molecule has 6 nitrogen and oxygen atoms in total. The molecule has 1 amide bonds. The maximum absolute atomic E-state index is 12.0. The van der Waals surface area contributed by atoms with Crippen LogP contribution in [-0.2, 0) is 16.1 Å². The third-order valence-corrected chi connectivity index (χ3v) is 3.58. The number of carbonyl (C=O) groups excluding carboxylic acids is 1. The van der Waals surface area contributed by atoms with Gasteiger partial charge in [0, 0.05) is 12.6 Å². The Labute approximate surface area is 113 Å². The molecule has 2 rings (SSSR count). The fourth-order valence-corrected chi connectivity index (χ4v) is 2.40. The van der Waals surface area contributed by atoms with Crippen molar-refractivity contribution in [3.8, 4) is 0 Å². The molecule has 0 spiro atoms. The van der Waals surface area contributed by atoms with Gasteiger partial charge in [-0.3, -0.25) is 9.48 Å². The Bertz CT molecular complexity index is 469. The number of carbonyl (C=O) groups is 1. The van der Waals surface area contributed by atoms with Crippen LogP contribution in [-0.4, -0.2) is 34.4 Å². The lowest BCUT2D eigenvalue weighted by Crippen LogP contribution is -2.42. The van der Waals surface area contributed by atoms with Crippen LogP contribution in [0.25, 0.3) is 0 Å². The van der Waals surface area contributed by atoms with Crippen LogP contribution >= 0.6 is 0 Å². The fraction of sp³-hybridized carbons (Fsp3) is 0.692. The van der Waals surface area contributed by atoms with Gasteiger partial charge in [0.05, 0.1) is 23.2 Å². The van der Waals surface area contributed by atoms with Crippen molar-refractivity contribution in [3.63, 3.8) is 0 Å². The summed E-state index contributed by atoms with van der Waals surface area (Å²) in [5.74, 6) is -0.0234. The third kappa shape index (κ3) is 3.26. The molecule has 1 aliphatic heterocycles. The van der Waals surface area contributed by atoms with Gasteiger partial charge >= 0.3 is 0 Å². The van der Waals surface area contributed by atoms with E-state index in [-0.39, 0.29) is 24.6 Å². The molecule has 0 bridgehead atoms. The molecule has 1 aliphatic rings. The van der Waals surface area contributed by atoms with Crippen LogP contribution in [0.15, 0.2) is 0 Å². The van der Waals surface area contributed by atoms with Crippen molar-refractivity contribution in [2.24, 2.45) is 0 Å². The monoisotopic (exact) mass is 266 g/mol. The smallest absolute Gasteiger partial charge is 0.241 e. The van der Waals surface area contributed by atoms with E-state index in [2.05, 4.69) is 10.4 Å². The fourth-order valence-electron chi connectivity index (χ4n) is 2.40. The molecule has 0 radical (unpaired) electrons. The molecule has 2 heterocycles. The van der Waals surface area contributed by atoms with E-state index >= 15 is 0 Å². The predicted molar refractivity (Wildman–Crippen MR) is 72.7 cm³/mol. The second-order valence-corrected chi connectivity index (χ2v) is 5.21. The average Bonchev–Trinajstić information content (AvgIpc) is 2.57. The molecular weight excluding hydrogens is 244 g/mol. The molecule has 0 saturated carbocycles. The van der Waals surface area contributed by atoms with Gasteiger partial charge in [0.1, 0.15) is 6.54 Å². The molecule has 1 aromatic heterocycles. The lowest BCUT2D eigenvalue weighted by atomic mass is 10.0. The van der Waals surface area contributed by atoms with Crippen LogP contribution in [0.1, 0.15) is 31.2 Å². The number of rotatable bonds is 3. The second-order valence-electron chi connectivity index (χ2n) is 5.21. The lowest BCUT2D eigenvalue weighted by molar-refractivity contribution is -0.123. The number of amides is 1. The summed E-state index contributed by atoms with van der Waals surface area (Å²) >= 11 is 0. The largest absolute Gasteiger partial charge is 0.396 e. The third-order valence-electron chi connectivity index (χ3n) is 3.58. The van der Waals surface area contributed by atoms with Crippen LogP contribution in [0.5, 0.6) is 0 Å². The Morgan fingerprint density at radius 3 is 2.89 bits per heavy atom. The van der Waals surface area contributed by atoms with E-state index in [0.717, 1.165) is 24.2 Å². The van der Waals surface area contributed by atoms with Gasteiger partial charge < -0.3 is 15.8 Å². The van der Waals surface area contributed by atoms with Crippen molar-refractivity contribution in [1.82, 2.24) is 15.1 Å². The lowest BCUT2D eigenvalue weighted by Gasteiger charge is -2.27. The SMILES string of the molecule is Cc1nn(CC(=O)NC2CCOC(C)C2)c(C)c1N. The molecule has 6 heteroatoms. The summed E-state index contributed by atoms with van der Waals surface area (Å²) in [7, 11) is 0. The topological polar surface area (TPSA) is 82.2 Å². The van der Waals surface area contributed by atoms with Gasteiger partial charge in [-0.05, 0) is 33.6 Å². The first-order chi connectivity index (χ1) is 8.97. The Balaban J connectivity index is 1.92. The van der Waals surface area contributed by atoms with Crippen LogP contribution < -0.4 is 11.1 Å². The summed E-state index contributed by atoms with van der Waals surface area (Å²) < 4.78 is 7.12. The number of nitrogens with zero attached hydrogens (tertiary/aromatic N) is 2. The van der Waals surface area contributed by atoms with Crippen molar-refractivity contribution < 1.29 is 9.53 Å². The summed E-state index contributed by atoms with van der Waals surface area (Å²) in [6.45, 7) is 6.67. The number of ether oxygens (including phenoxy) is 1. The molecule has 2 unspecified atom stereocenters. The summed E-state index contributed by atoms with van der Waals surface area (Å²) in [6, 6.07) is 0.200. The molecular formula is C13H22N4O2. The molecule has 1 saturated heterocycles. The van der Waals surface area contributed by atoms with E-state index < -0.39 is 0 Å². The number of aromatic nitrogens is 2. The van der Waals surface area contributed by atoms with Crippen molar-refractivity contribution in [2.45, 2.75) is 52.3 Å². The first kappa shape index (κ1) is 13.9. The predicted octanol–water partition coefficient (Wildman–Crippen LogP) is 0.766. The first-order valence-electron chi connectivity index (χ1n) is 6.67. The van der Waals surface area contributed by atoms with Crippen LogP contribution in [0.3, 0.4) is 0 Å². The highest BCUT2D eigenvalue weighted by atomic mass is 16.5. The van der Waals surface area contributed by atoms with E-state index in [1.54, 1.807) is 4.68 Å². The van der Waals surface area contributed by atoms with Crippen LogP contribution in [0, 0.1) is 13.8 Å². The number of nitrogens with two attached hydrogens (primary N) is 1. The van der Waals surface area contributed by atoms with E-state index in [9.17, 15) is 4.79 Å². The maximum atomic E-state index is 12.0. The highest BCUT2D eigenvalue weighted by Crippen LogP contribution is 2.15. The van der Waals surface area contributed by atoms with E-state index in [0.29, 0.717) is 12.3 Å². The number of hydrogen-bond donors (Lipinski definition) is 2. The van der Waals surface area contributed by atoms with Gasteiger partial charge in [0.2, 0.25) is 5.91 Å². The number of nitrogen functional groups attached to an aromatic ring is 1. The zero-order chi connectivity index (χ0) is 14.0. The standard InChI is InChI=1S/C13H22N4O2/c1-8-6-11(4-5-19-8)15-12(18)7-17-10(3)13(14)9(2)16-17/h8,11H,4-7,14H2,1-3H3,(H,15,18). The Morgan fingerprint density at radius 2 is 2.32 bits per heavy atom. The van der Waals surface area contributed by atoms with Gasteiger partial charge in [0.25, 0.3) is 0 Å². The summed E-state index contributed by atoms with van der Waals surface area (Å²) in [5.41, 5.74) is 8.12. The number of anilines is 1. The first-order valence-corrected chi connectivity index (χ1v) is 6.67. The number of aryl methyl sites for hydroxylation is 1. The molecule has 1 aromatic rings. The zero-order valence-electron chi connectivity index (χ0n) is 11.8. The normalized spacial score (nSPS) is 23.3. The van der Waals surface area contributed by atoms with Crippen LogP contribution in [0.4, 0.5) is 5.69 Å². The highest BCUT2D eigenvalue weighted by molar-refractivity contribution is 5.76. The van der Waals surface area contributed by atoms with Gasteiger partial charge in [0.15, 0.2) is 0 Å². The Morgan fingerprint density at radius 1 is 1.58 bits per heavy atom. The summed E-state index contributed by atoms with van der Waals surface area (Å²) in [4.78, 5) is 12.0. The van der Waals surface area contributed by atoms with Crippen LogP contribution in [0.2, 0.25) is 0 Å².